The minimum Gasteiger partial charge on any atom is -0.293 e. The second-order valence-corrected chi connectivity index (χ2v) is 9.74. The van der Waals surface area contributed by atoms with Crippen LogP contribution in [0.3, 0.4) is 0 Å². The van der Waals surface area contributed by atoms with E-state index in [0.29, 0.717) is 11.4 Å². The maximum absolute atomic E-state index is 13.7. The van der Waals surface area contributed by atoms with E-state index in [1.807, 2.05) is 6.08 Å². The van der Waals surface area contributed by atoms with E-state index in [1.54, 1.807) is 35.1 Å². The number of hydrogen-bond acceptors (Lipinski definition) is 5. The van der Waals surface area contributed by atoms with E-state index in [2.05, 4.69) is 28.9 Å². The van der Waals surface area contributed by atoms with Gasteiger partial charge in [0.2, 0.25) is 0 Å². The molecule has 1 aliphatic rings. The average Bonchev–Trinajstić information content (AvgIpc) is 3.29. The fourth-order valence-corrected chi connectivity index (χ4v) is 5.15. The molecular weight excluding hydrogens is 423 g/mol. The summed E-state index contributed by atoms with van der Waals surface area (Å²) in [7, 11) is 0. The van der Waals surface area contributed by atoms with Crippen LogP contribution in [0.2, 0.25) is 0 Å². The summed E-state index contributed by atoms with van der Waals surface area (Å²) in [4.78, 5) is 23.6. The monoisotopic (exact) mass is 452 g/mol. The van der Waals surface area contributed by atoms with Crippen LogP contribution in [0.15, 0.2) is 29.8 Å². The number of aryl methyl sites for hydroxylation is 5. The number of carbonyl (C=O) groups is 1. The third-order valence-corrected chi connectivity index (χ3v) is 6.85. The SMILES string of the molecule is CCCc1nc(-c2ccc(F)c(C)c2)nn1CC(=O)C=C1CCCc2nc(C)sc2CC1. The number of allylic oxidation sites excluding steroid dienone is 2. The summed E-state index contributed by atoms with van der Waals surface area (Å²) in [6.45, 7) is 6.04. The van der Waals surface area contributed by atoms with E-state index in [0.717, 1.165) is 61.3 Å². The number of nitrogens with zero attached hydrogens (tertiary/aromatic N) is 4. The van der Waals surface area contributed by atoms with Crippen LogP contribution in [-0.4, -0.2) is 25.5 Å². The van der Waals surface area contributed by atoms with E-state index >= 15 is 0 Å². The first kappa shape index (κ1) is 22.5. The third kappa shape index (κ3) is 5.21. The van der Waals surface area contributed by atoms with Crippen molar-refractivity contribution in [1.29, 1.82) is 0 Å². The van der Waals surface area contributed by atoms with Crippen molar-refractivity contribution in [3.05, 3.63) is 62.6 Å². The van der Waals surface area contributed by atoms with Crippen molar-refractivity contribution < 1.29 is 9.18 Å². The number of halogens is 1. The molecule has 1 aromatic carbocycles. The predicted octanol–water partition coefficient (Wildman–Crippen LogP) is 5.57. The number of fused-ring (bicyclic) bond motifs is 1. The molecule has 0 bridgehead atoms. The van der Waals surface area contributed by atoms with Gasteiger partial charge in [0.25, 0.3) is 0 Å². The molecule has 0 atom stereocenters. The highest BCUT2D eigenvalue weighted by Gasteiger charge is 2.17. The highest BCUT2D eigenvalue weighted by molar-refractivity contribution is 7.11. The van der Waals surface area contributed by atoms with E-state index in [4.69, 9.17) is 0 Å². The van der Waals surface area contributed by atoms with Gasteiger partial charge in [-0.25, -0.2) is 19.0 Å². The molecule has 5 nitrogen and oxygen atoms in total. The van der Waals surface area contributed by atoms with Gasteiger partial charge in [0.05, 0.1) is 10.7 Å². The van der Waals surface area contributed by atoms with Crippen LogP contribution < -0.4 is 0 Å². The van der Waals surface area contributed by atoms with Gasteiger partial charge in [0, 0.05) is 16.9 Å². The molecule has 168 valence electrons. The maximum atomic E-state index is 13.7. The van der Waals surface area contributed by atoms with Crippen molar-refractivity contribution in [3.8, 4) is 11.4 Å². The summed E-state index contributed by atoms with van der Waals surface area (Å²) in [6, 6.07) is 4.87. The number of aromatic nitrogens is 4. The summed E-state index contributed by atoms with van der Waals surface area (Å²) in [6.07, 6.45) is 8.26. The molecule has 7 heteroatoms. The number of thiazole rings is 1. The average molecular weight is 453 g/mol. The highest BCUT2D eigenvalue weighted by atomic mass is 32.1. The van der Waals surface area contributed by atoms with Crippen LogP contribution in [0, 0.1) is 19.7 Å². The van der Waals surface area contributed by atoms with Crippen molar-refractivity contribution in [1.82, 2.24) is 19.7 Å². The van der Waals surface area contributed by atoms with Crippen molar-refractivity contribution in [2.24, 2.45) is 0 Å². The fraction of sp³-hybridized carbons (Fsp3) is 0.440. The fourth-order valence-electron chi connectivity index (χ4n) is 4.17. The van der Waals surface area contributed by atoms with Crippen molar-refractivity contribution in [3.63, 3.8) is 0 Å². The molecule has 0 N–H and O–H groups in total. The smallest absolute Gasteiger partial charge is 0.181 e. The molecular formula is C25H29FN4OS. The number of benzene rings is 1. The van der Waals surface area contributed by atoms with Crippen molar-refractivity contribution in [2.75, 3.05) is 0 Å². The van der Waals surface area contributed by atoms with Crippen LogP contribution in [0.1, 0.15) is 59.6 Å². The Hall–Kier alpha value is -2.67. The highest BCUT2D eigenvalue weighted by Crippen LogP contribution is 2.27. The predicted molar refractivity (Wildman–Crippen MR) is 125 cm³/mol. The van der Waals surface area contributed by atoms with Crippen molar-refractivity contribution >= 4 is 17.1 Å². The van der Waals surface area contributed by atoms with Gasteiger partial charge < -0.3 is 0 Å². The molecule has 1 aliphatic carbocycles. The lowest BCUT2D eigenvalue weighted by Crippen LogP contribution is -2.13. The van der Waals surface area contributed by atoms with E-state index in [-0.39, 0.29) is 18.1 Å². The first-order valence-corrected chi connectivity index (χ1v) is 12.1. The zero-order chi connectivity index (χ0) is 22.7. The first-order valence-electron chi connectivity index (χ1n) is 11.3. The molecule has 0 aliphatic heterocycles. The first-order chi connectivity index (χ1) is 15.4. The number of rotatable bonds is 6. The summed E-state index contributed by atoms with van der Waals surface area (Å²) < 4.78 is 15.4. The molecule has 0 saturated carbocycles. The molecule has 0 radical (unpaired) electrons. The summed E-state index contributed by atoms with van der Waals surface area (Å²) >= 11 is 1.78. The summed E-state index contributed by atoms with van der Waals surface area (Å²) in [5.74, 6) is 1.13. The lowest BCUT2D eigenvalue weighted by Gasteiger charge is -2.12. The molecule has 4 rings (SSSR count). The molecule has 32 heavy (non-hydrogen) atoms. The zero-order valence-electron chi connectivity index (χ0n) is 18.9. The molecule has 0 unspecified atom stereocenters. The standard InChI is InChI=1S/C25H29FN4OS/c1-4-6-24-28-25(19-10-11-21(26)16(2)13-19)29-30(24)15-20(31)14-18-7-5-8-22-23(12-9-18)32-17(3)27-22/h10-11,13-14H,4-9,12,15H2,1-3H3. The third-order valence-electron chi connectivity index (χ3n) is 5.78. The van der Waals surface area contributed by atoms with Gasteiger partial charge in [-0.15, -0.1) is 11.3 Å². The minimum absolute atomic E-state index is 0.0466. The van der Waals surface area contributed by atoms with Crippen LogP contribution in [0.25, 0.3) is 11.4 Å². The zero-order valence-corrected chi connectivity index (χ0v) is 19.8. The Morgan fingerprint density at radius 2 is 2.03 bits per heavy atom. The normalized spacial score (nSPS) is 15.4. The molecule has 2 heterocycles. The van der Waals surface area contributed by atoms with Gasteiger partial charge in [-0.05, 0) is 82.2 Å². The number of hydrogen-bond donors (Lipinski definition) is 0. The largest absolute Gasteiger partial charge is 0.293 e. The second-order valence-electron chi connectivity index (χ2n) is 8.45. The molecule has 0 spiro atoms. The second kappa shape index (κ2) is 9.86. The Bertz CT molecular complexity index is 1160. The Morgan fingerprint density at radius 3 is 2.81 bits per heavy atom. The Kier molecular flexibility index (Phi) is 6.94. The topological polar surface area (TPSA) is 60.7 Å². The van der Waals surface area contributed by atoms with Gasteiger partial charge in [-0.1, -0.05) is 12.5 Å². The van der Waals surface area contributed by atoms with Gasteiger partial charge >= 0.3 is 0 Å². The van der Waals surface area contributed by atoms with Crippen LogP contribution in [-0.2, 0) is 30.6 Å². The minimum atomic E-state index is -0.247. The maximum Gasteiger partial charge on any atom is 0.181 e. The molecule has 3 aromatic rings. The lowest BCUT2D eigenvalue weighted by atomic mass is 9.96. The van der Waals surface area contributed by atoms with E-state index in [1.165, 1.54) is 22.2 Å². The number of ketones is 1. The Morgan fingerprint density at radius 1 is 1.19 bits per heavy atom. The van der Waals surface area contributed by atoms with Crippen LogP contribution in [0.5, 0.6) is 0 Å². The Labute approximate surface area is 192 Å². The van der Waals surface area contributed by atoms with Gasteiger partial charge in [-0.2, -0.15) is 5.10 Å². The van der Waals surface area contributed by atoms with Gasteiger partial charge in [0.1, 0.15) is 18.2 Å². The van der Waals surface area contributed by atoms with Gasteiger partial charge in [0.15, 0.2) is 11.6 Å². The molecule has 0 amide bonds. The lowest BCUT2D eigenvalue weighted by molar-refractivity contribution is -0.115. The summed E-state index contributed by atoms with van der Waals surface area (Å²) in [5, 5.41) is 5.72. The van der Waals surface area contributed by atoms with Gasteiger partial charge in [-0.3, -0.25) is 4.79 Å². The molecule has 0 fully saturated rings. The quantitative estimate of drug-likeness (QED) is 0.459. The van der Waals surface area contributed by atoms with E-state index in [9.17, 15) is 9.18 Å². The molecule has 2 aromatic heterocycles. The van der Waals surface area contributed by atoms with Crippen LogP contribution >= 0.6 is 11.3 Å². The summed E-state index contributed by atoms with van der Waals surface area (Å²) in [5.41, 5.74) is 3.77. The van der Waals surface area contributed by atoms with E-state index < -0.39 is 0 Å². The van der Waals surface area contributed by atoms with Crippen molar-refractivity contribution in [2.45, 2.75) is 72.3 Å². The number of carbonyl (C=O) groups excluding carboxylic acids is 1. The molecule has 0 saturated heterocycles. The Balaban J connectivity index is 1.50. The van der Waals surface area contributed by atoms with Crippen LogP contribution in [0.4, 0.5) is 4.39 Å².